The molecule has 0 aliphatic heterocycles. The molecule has 14 heavy (non-hydrogen) atoms. The summed E-state index contributed by atoms with van der Waals surface area (Å²) >= 11 is 5.72. The molecule has 2 nitrogen and oxygen atoms in total. The fourth-order valence-corrected chi connectivity index (χ4v) is 2.15. The summed E-state index contributed by atoms with van der Waals surface area (Å²) in [4.78, 5) is 11.4. The Balaban J connectivity index is 2.47. The lowest BCUT2D eigenvalue weighted by Crippen LogP contribution is -2.45. The smallest absolute Gasteiger partial charge is 0.237 e. The van der Waals surface area contributed by atoms with Crippen LogP contribution in [0.3, 0.4) is 0 Å². The predicted molar refractivity (Wildman–Crippen MR) is 59.4 cm³/mol. The number of nitrogens with one attached hydrogen (secondary N) is 1. The van der Waals surface area contributed by atoms with Crippen LogP contribution in [-0.2, 0) is 4.79 Å². The van der Waals surface area contributed by atoms with Crippen LogP contribution in [0.25, 0.3) is 0 Å². The Morgan fingerprint density at radius 3 is 2.64 bits per heavy atom. The molecule has 1 rings (SSSR count). The lowest BCUT2D eigenvalue weighted by molar-refractivity contribution is -0.121. The van der Waals surface area contributed by atoms with E-state index in [-0.39, 0.29) is 5.91 Å². The molecule has 1 amide bonds. The van der Waals surface area contributed by atoms with E-state index >= 15 is 0 Å². The van der Waals surface area contributed by atoms with Gasteiger partial charge in [-0.25, -0.2) is 0 Å². The Morgan fingerprint density at radius 1 is 1.43 bits per heavy atom. The van der Waals surface area contributed by atoms with Gasteiger partial charge in [-0.3, -0.25) is 4.79 Å². The van der Waals surface area contributed by atoms with Gasteiger partial charge >= 0.3 is 0 Å². The van der Waals surface area contributed by atoms with Crippen molar-refractivity contribution in [3.8, 4) is 0 Å². The van der Waals surface area contributed by atoms with E-state index in [1.54, 1.807) is 6.92 Å². The van der Waals surface area contributed by atoms with Crippen LogP contribution in [0, 0.1) is 11.8 Å². The quantitative estimate of drug-likeness (QED) is 0.708. The number of alkyl halides is 1. The number of hydrogen-bond acceptors (Lipinski definition) is 1. The van der Waals surface area contributed by atoms with Crippen molar-refractivity contribution < 1.29 is 4.79 Å². The second-order valence-electron chi connectivity index (χ2n) is 4.50. The molecule has 0 unspecified atom stereocenters. The van der Waals surface area contributed by atoms with Gasteiger partial charge in [-0.2, -0.15) is 0 Å². The van der Waals surface area contributed by atoms with Crippen molar-refractivity contribution in [3.05, 3.63) is 0 Å². The molecule has 0 heterocycles. The van der Waals surface area contributed by atoms with Crippen molar-refractivity contribution in [1.29, 1.82) is 0 Å². The molecular formula is C11H20ClNO. The van der Waals surface area contributed by atoms with E-state index < -0.39 is 5.38 Å². The van der Waals surface area contributed by atoms with Gasteiger partial charge in [0.25, 0.3) is 0 Å². The lowest BCUT2D eigenvalue weighted by Gasteiger charge is -2.34. The minimum absolute atomic E-state index is 0.0300. The normalized spacial score (nSPS) is 35.0. The molecule has 1 N–H and O–H groups in total. The third-order valence-corrected chi connectivity index (χ3v) is 3.59. The molecular weight excluding hydrogens is 198 g/mol. The van der Waals surface area contributed by atoms with Crippen LogP contribution in [-0.4, -0.2) is 17.3 Å². The van der Waals surface area contributed by atoms with E-state index in [1.807, 2.05) is 0 Å². The molecule has 0 bridgehead atoms. The fourth-order valence-electron chi connectivity index (χ4n) is 2.08. The van der Waals surface area contributed by atoms with Gasteiger partial charge in [0.1, 0.15) is 5.38 Å². The van der Waals surface area contributed by atoms with Gasteiger partial charge in [-0.1, -0.05) is 26.7 Å². The number of halogens is 1. The Morgan fingerprint density at radius 2 is 2.07 bits per heavy atom. The largest absolute Gasteiger partial charge is 0.352 e. The first-order chi connectivity index (χ1) is 6.52. The zero-order valence-corrected chi connectivity index (χ0v) is 9.97. The van der Waals surface area contributed by atoms with Gasteiger partial charge in [0.15, 0.2) is 0 Å². The molecule has 0 aromatic heterocycles. The van der Waals surface area contributed by atoms with Crippen molar-refractivity contribution in [2.75, 3.05) is 0 Å². The molecule has 0 saturated heterocycles. The number of carbonyl (C=O) groups excluding carboxylic acids is 1. The van der Waals surface area contributed by atoms with Gasteiger partial charge in [-0.05, 0) is 25.2 Å². The Hall–Kier alpha value is -0.240. The van der Waals surface area contributed by atoms with Crippen molar-refractivity contribution in [2.24, 2.45) is 11.8 Å². The zero-order chi connectivity index (χ0) is 10.7. The molecule has 1 saturated carbocycles. The van der Waals surface area contributed by atoms with Gasteiger partial charge in [0.2, 0.25) is 5.91 Å². The van der Waals surface area contributed by atoms with E-state index in [2.05, 4.69) is 19.2 Å². The molecule has 0 aromatic rings. The van der Waals surface area contributed by atoms with Crippen molar-refractivity contribution in [1.82, 2.24) is 5.32 Å². The van der Waals surface area contributed by atoms with E-state index in [0.29, 0.717) is 17.9 Å². The molecule has 1 aliphatic rings. The summed E-state index contributed by atoms with van der Waals surface area (Å²) in [6, 6.07) is 0.326. The summed E-state index contributed by atoms with van der Waals surface area (Å²) in [6.45, 7) is 6.19. The average molecular weight is 218 g/mol. The number of hydrogen-bond donors (Lipinski definition) is 1. The van der Waals surface area contributed by atoms with Crippen LogP contribution >= 0.6 is 11.6 Å². The minimum Gasteiger partial charge on any atom is -0.352 e. The number of amides is 1. The van der Waals surface area contributed by atoms with E-state index in [1.165, 1.54) is 12.8 Å². The molecule has 82 valence electrons. The fraction of sp³-hybridized carbons (Fsp3) is 0.909. The standard InChI is InChI=1S/C11H20ClNO/c1-7-5-4-6-10(8(7)2)13-11(14)9(3)12/h7-10H,4-6H2,1-3H3,(H,13,14)/t7-,8-,9+,10-/m1/s1. The van der Waals surface area contributed by atoms with Crippen LogP contribution in [0.15, 0.2) is 0 Å². The molecule has 3 heteroatoms. The zero-order valence-electron chi connectivity index (χ0n) is 9.22. The van der Waals surface area contributed by atoms with Crippen LogP contribution in [0.1, 0.15) is 40.0 Å². The van der Waals surface area contributed by atoms with Gasteiger partial charge in [0, 0.05) is 6.04 Å². The van der Waals surface area contributed by atoms with Crippen LogP contribution in [0.4, 0.5) is 0 Å². The van der Waals surface area contributed by atoms with Gasteiger partial charge in [-0.15, -0.1) is 11.6 Å². The first-order valence-electron chi connectivity index (χ1n) is 5.46. The van der Waals surface area contributed by atoms with Crippen LogP contribution < -0.4 is 5.32 Å². The maximum absolute atomic E-state index is 11.4. The molecule has 0 spiro atoms. The van der Waals surface area contributed by atoms with Gasteiger partial charge < -0.3 is 5.32 Å². The topological polar surface area (TPSA) is 29.1 Å². The summed E-state index contributed by atoms with van der Waals surface area (Å²) in [5.41, 5.74) is 0. The lowest BCUT2D eigenvalue weighted by atomic mass is 9.78. The minimum atomic E-state index is -0.417. The summed E-state index contributed by atoms with van der Waals surface area (Å²) in [5.74, 6) is 1.25. The molecule has 0 radical (unpaired) electrons. The SMILES string of the molecule is C[C@@H]1[C@H](C)CCC[C@H]1NC(=O)[C@H](C)Cl. The number of rotatable bonds is 2. The highest BCUT2D eigenvalue weighted by Crippen LogP contribution is 2.29. The monoisotopic (exact) mass is 217 g/mol. The van der Waals surface area contributed by atoms with E-state index in [9.17, 15) is 4.79 Å². The molecule has 0 aromatic carbocycles. The highest BCUT2D eigenvalue weighted by molar-refractivity contribution is 6.30. The molecule has 1 fully saturated rings. The second-order valence-corrected chi connectivity index (χ2v) is 5.15. The Kier molecular flexibility index (Phi) is 4.24. The highest BCUT2D eigenvalue weighted by atomic mass is 35.5. The van der Waals surface area contributed by atoms with Gasteiger partial charge in [0.05, 0.1) is 0 Å². The van der Waals surface area contributed by atoms with E-state index in [4.69, 9.17) is 11.6 Å². The van der Waals surface area contributed by atoms with Crippen LogP contribution in [0.2, 0.25) is 0 Å². The summed E-state index contributed by atoms with van der Waals surface area (Å²) in [5, 5.41) is 2.61. The average Bonchev–Trinajstić information content (AvgIpc) is 2.12. The van der Waals surface area contributed by atoms with E-state index in [0.717, 1.165) is 6.42 Å². The third kappa shape index (κ3) is 2.88. The maximum Gasteiger partial charge on any atom is 0.237 e. The summed E-state index contributed by atoms with van der Waals surface area (Å²) < 4.78 is 0. The first kappa shape index (κ1) is 11.8. The Bertz CT molecular complexity index is 205. The first-order valence-corrected chi connectivity index (χ1v) is 5.90. The van der Waals surface area contributed by atoms with Crippen molar-refractivity contribution in [3.63, 3.8) is 0 Å². The Labute approximate surface area is 91.4 Å². The third-order valence-electron chi connectivity index (χ3n) is 3.40. The maximum atomic E-state index is 11.4. The summed E-state index contributed by atoms with van der Waals surface area (Å²) in [6.07, 6.45) is 3.60. The molecule has 4 atom stereocenters. The highest BCUT2D eigenvalue weighted by Gasteiger charge is 2.28. The number of carbonyl (C=O) groups is 1. The second kappa shape index (κ2) is 5.01. The van der Waals surface area contributed by atoms with Crippen LogP contribution in [0.5, 0.6) is 0 Å². The van der Waals surface area contributed by atoms with Crippen molar-refractivity contribution >= 4 is 17.5 Å². The predicted octanol–water partition coefficient (Wildman–Crippen LogP) is 2.55. The molecule has 1 aliphatic carbocycles. The van der Waals surface area contributed by atoms with Crippen molar-refractivity contribution in [2.45, 2.75) is 51.5 Å². The summed E-state index contributed by atoms with van der Waals surface area (Å²) in [7, 11) is 0.